The molecule has 3 aromatic carbocycles. The predicted octanol–water partition coefficient (Wildman–Crippen LogP) is 5.01. The van der Waals surface area contributed by atoms with Gasteiger partial charge in [0.1, 0.15) is 12.1 Å². The fraction of sp³-hybridized carbons (Fsp3) is 0.250. The lowest BCUT2D eigenvalue weighted by Gasteiger charge is -2.15. The van der Waals surface area contributed by atoms with Gasteiger partial charge >= 0.3 is 6.03 Å². The van der Waals surface area contributed by atoms with E-state index in [0.717, 1.165) is 52.2 Å². The molecule has 37 heavy (non-hydrogen) atoms. The van der Waals surface area contributed by atoms with Crippen molar-refractivity contribution in [2.75, 3.05) is 50.8 Å². The highest BCUT2D eigenvalue weighted by molar-refractivity contribution is 6.00. The monoisotopic (exact) mass is 500 g/mol. The van der Waals surface area contributed by atoms with Gasteiger partial charge in [0.05, 0.1) is 19.7 Å². The second-order valence-corrected chi connectivity index (χ2v) is 8.79. The predicted molar refractivity (Wildman–Crippen MR) is 148 cm³/mol. The molecule has 192 valence electrons. The molecule has 9 nitrogen and oxygen atoms in total. The minimum atomic E-state index is -0.275. The van der Waals surface area contributed by atoms with Gasteiger partial charge in [-0.3, -0.25) is 0 Å². The quantitative estimate of drug-likeness (QED) is 0.281. The smallest absolute Gasteiger partial charge is 0.323 e. The molecule has 1 heterocycles. The molecule has 0 fully saturated rings. The Morgan fingerprint density at radius 3 is 2.38 bits per heavy atom. The van der Waals surface area contributed by atoms with Gasteiger partial charge in [-0.1, -0.05) is 30.3 Å². The van der Waals surface area contributed by atoms with Gasteiger partial charge < -0.3 is 30.3 Å². The van der Waals surface area contributed by atoms with E-state index < -0.39 is 0 Å². The lowest BCUT2D eigenvalue weighted by Crippen LogP contribution is -2.21. The Labute approximate surface area is 216 Å². The number of para-hydroxylation sites is 1. The van der Waals surface area contributed by atoms with Gasteiger partial charge in [0.25, 0.3) is 0 Å². The van der Waals surface area contributed by atoms with Crippen molar-refractivity contribution in [3.05, 3.63) is 78.1 Å². The van der Waals surface area contributed by atoms with Crippen LogP contribution in [0.25, 0.3) is 10.9 Å². The maximum absolute atomic E-state index is 12.6. The molecule has 0 aliphatic carbocycles. The summed E-state index contributed by atoms with van der Waals surface area (Å²) in [5.41, 5.74) is 4.48. The first kappa shape index (κ1) is 25.7. The number of aromatic nitrogens is 2. The summed E-state index contributed by atoms with van der Waals surface area (Å²) in [6.45, 7) is 1.42. The van der Waals surface area contributed by atoms with Crippen molar-refractivity contribution < 1.29 is 14.3 Å². The normalized spacial score (nSPS) is 10.8. The molecule has 0 spiro atoms. The summed E-state index contributed by atoms with van der Waals surface area (Å²) in [5.74, 6) is 1.98. The molecule has 0 bridgehead atoms. The van der Waals surface area contributed by atoms with Gasteiger partial charge in [0.2, 0.25) is 0 Å². The maximum atomic E-state index is 12.6. The molecule has 1 aromatic heterocycles. The molecule has 3 N–H and O–H groups in total. The second-order valence-electron chi connectivity index (χ2n) is 8.79. The van der Waals surface area contributed by atoms with Gasteiger partial charge in [-0.15, -0.1) is 0 Å². The third kappa shape index (κ3) is 6.65. The molecule has 9 heteroatoms. The van der Waals surface area contributed by atoms with Crippen LogP contribution in [0.3, 0.4) is 0 Å². The molecule has 0 saturated carbocycles. The van der Waals surface area contributed by atoms with Crippen molar-refractivity contribution in [3.8, 4) is 11.5 Å². The zero-order valence-corrected chi connectivity index (χ0v) is 21.5. The Morgan fingerprint density at radius 1 is 0.919 bits per heavy atom. The number of amides is 2. The number of ether oxygens (including phenoxy) is 2. The average molecular weight is 501 g/mol. The van der Waals surface area contributed by atoms with Crippen LogP contribution in [0.2, 0.25) is 0 Å². The van der Waals surface area contributed by atoms with Gasteiger partial charge in [0, 0.05) is 35.9 Å². The third-order valence-corrected chi connectivity index (χ3v) is 5.81. The Bertz CT molecular complexity index is 1360. The van der Waals surface area contributed by atoms with Gasteiger partial charge in [0.15, 0.2) is 11.5 Å². The first-order chi connectivity index (χ1) is 18.0. The molecular weight excluding hydrogens is 468 g/mol. The molecule has 0 aliphatic heterocycles. The zero-order valence-electron chi connectivity index (χ0n) is 21.5. The maximum Gasteiger partial charge on any atom is 0.323 e. The number of carbonyl (C=O) groups excluding carboxylic acids is 1. The highest BCUT2D eigenvalue weighted by Crippen LogP contribution is 2.33. The summed E-state index contributed by atoms with van der Waals surface area (Å²) in [5, 5.41) is 10.1. The first-order valence-electron chi connectivity index (χ1n) is 12.0. The van der Waals surface area contributed by atoms with Crippen LogP contribution in [0.15, 0.2) is 67.0 Å². The van der Waals surface area contributed by atoms with E-state index in [2.05, 4.69) is 30.8 Å². The second kappa shape index (κ2) is 12.0. The van der Waals surface area contributed by atoms with Crippen LogP contribution in [0.1, 0.15) is 11.1 Å². The van der Waals surface area contributed by atoms with Crippen LogP contribution in [0, 0.1) is 0 Å². The van der Waals surface area contributed by atoms with Crippen molar-refractivity contribution in [2.24, 2.45) is 0 Å². The number of methoxy groups -OCH3 is 2. The zero-order chi connectivity index (χ0) is 26.2. The first-order valence-corrected chi connectivity index (χ1v) is 12.0. The molecule has 0 atom stereocenters. The van der Waals surface area contributed by atoms with Crippen molar-refractivity contribution in [1.29, 1.82) is 0 Å². The number of nitrogens with zero attached hydrogens (tertiary/aromatic N) is 3. The Kier molecular flexibility index (Phi) is 8.37. The molecule has 4 aromatic rings. The van der Waals surface area contributed by atoms with Crippen LogP contribution < -0.4 is 25.4 Å². The number of benzene rings is 3. The fourth-order valence-electron chi connectivity index (χ4n) is 4.01. The van der Waals surface area contributed by atoms with E-state index >= 15 is 0 Å². The van der Waals surface area contributed by atoms with E-state index in [1.807, 2.05) is 74.8 Å². The average Bonchev–Trinajstić information content (AvgIpc) is 2.89. The number of carbonyl (C=O) groups is 1. The van der Waals surface area contributed by atoms with Crippen molar-refractivity contribution >= 4 is 34.1 Å². The summed E-state index contributed by atoms with van der Waals surface area (Å²) >= 11 is 0. The van der Waals surface area contributed by atoms with Gasteiger partial charge in [-0.05, 0) is 55.9 Å². The Morgan fingerprint density at radius 2 is 1.65 bits per heavy atom. The largest absolute Gasteiger partial charge is 0.493 e. The molecule has 0 unspecified atom stereocenters. The highest BCUT2D eigenvalue weighted by Gasteiger charge is 2.11. The topological polar surface area (TPSA) is 101 Å². The van der Waals surface area contributed by atoms with Crippen LogP contribution in [0.5, 0.6) is 11.5 Å². The Balaban J connectivity index is 1.33. The van der Waals surface area contributed by atoms with E-state index in [1.54, 1.807) is 14.2 Å². The molecule has 2 amide bonds. The van der Waals surface area contributed by atoms with Crippen LogP contribution >= 0.6 is 0 Å². The van der Waals surface area contributed by atoms with Crippen LogP contribution in [0.4, 0.5) is 22.0 Å². The van der Waals surface area contributed by atoms with E-state index in [-0.39, 0.29) is 6.03 Å². The molecule has 0 saturated heterocycles. The summed E-state index contributed by atoms with van der Waals surface area (Å²) in [7, 11) is 7.20. The number of hydrogen-bond acceptors (Lipinski definition) is 7. The summed E-state index contributed by atoms with van der Waals surface area (Å²) < 4.78 is 10.8. The van der Waals surface area contributed by atoms with E-state index in [4.69, 9.17) is 9.47 Å². The summed E-state index contributed by atoms with van der Waals surface area (Å²) in [4.78, 5) is 23.4. The highest BCUT2D eigenvalue weighted by atomic mass is 16.5. The molecular formula is C28H32N6O3. The number of rotatable bonds is 10. The fourth-order valence-corrected chi connectivity index (χ4v) is 4.01. The summed E-state index contributed by atoms with van der Waals surface area (Å²) in [6, 6.07) is 19.0. The van der Waals surface area contributed by atoms with Crippen LogP contribution in [-0.4, -0.2) is 55.8 Å². The minimum Gasteiger partial charge on any atom is -0.493 e. The van der Waals surface area contributed by atoms with Gasteiger partial charge in [-0.2, -0.15) is 0 Å². The van der Waals surface area contributed by atoms with Crippen molar-refractivity contribution in [3.63, 3.8) is 0 Å². The third-order valence-electron chi connectivity index (χ3n) is 5.81. The number of urea groups is 1. The number of fused-ring (bicyclic) bond motifs is 1. The van der Waals surface area contributed by atoms with Crippen LogP contribution in [-0.2, 0) is 13.0 Å². The Hall–Kier alpha value is -4.37. The van der Waals surface area contributed by atoms with E-state index in [1.165, 1.54) is 6.33 Å². The van der Waals surface area contributed by atoms with Crippen molar-refractivity contribution in [1.82, 2.24) is 14.9 Å². The van der Waals surface area contributed by atoms with E-state index in [9.17, 15) is 4.79 Å². The lowest BCUT2D eigenvalue weighted by molar-refractivity contribution is 0.262. The molecule has 0 aliphatic rings. The standard InChI is InChI=1S/C28H32N6O3/c1-34(2)17-20-7-5-6-8-23(20)33-28(35)32-21-11-9-19(10-12-21)13-14-29-27-22-15-25(36-3)26(37-4)16-24(22)30-18-31-27/h5-12,15-16,18H,13-14,17H2,1-4H3,(H,29,30,31)(H2,32,33,35). The number of hydrogen-bond donors (Lipinski definition) is 3. The lowest BCUT2D eigenvalue weighted by atomic mass is 10.1. The molecule has 0 radical (unpaired) electrons. The minimum absolute atomic E-state index is 0.275. The summed E-state index contributed by atoms with van der Waals surface area (Å²) in [6.07, 6.45) is 2.31. The number of nitrogens with one attached hydrogen (secondary N) is 3. The molecule has 4 rings (SSSR count). The SMILES string of the molecule is COc1cc2ncnc(NCCc3ccc(NC(=O)Nc4ccccc4CN(C)C)cc3)c2cc1OC. The van der Waals surface area contributed by atoms with Gasteiger partial charge in [-0.25, -0.2) is 14.8 Å². The van der Waals surface area contributed by atoms with E-state index in [0.29, 0.717) is 18.0 Å². The number of anilines is 3. The van der Waals surface area contributed by atoms with Crippen molar-refractivity contribution in [2.45, 2.75) is 13.0 Å².